The summed E-state index contributed by atoms with van der Waals surface area (Å²) in [6, 6.07) is 3.54. The number of rotatable bonds is 5. The molecule has 1 atom stereocenters. The summed E-state index contributed by atoms with van der Waals surface area (Å²) in [5, 5.41) is 0. The van der Waals surface area contributed by atoms with Gasteiger partial charge in [0.2, 0.25) is 5.91 Å². The summed E-state index contributed by atoms with van der Waals surface area (Å²) in [5.74, 6) is -0.407. The first-order valence-corrected chi connectivity index (χ1v) is 9.65. The number of imidazole rings is 1. The van der Waals surface area contributed by atoms with Gasteiger partial charge in [0, 0.05) is 25.8 Å². The smallest absolute Gasteiger partial charge is 0.274 e. The Kier molecular flexibility index (Phi) is 5.79. The first kappa shape index (κ1) is 19.4. The second-order valence-electron chi connectivity index (χ2n) is 7.54. The summed E-state index contributed by atoms with van der Waals surface area (Å²) < 4.78 is 1.95. The third-order valence-electron chi connectivity index (χ3n) is 5.45. The molecule has 0 aromatic carbocycles. The van der Waals surface area contributed by atoms with Crippen molar-refractivity contribution < 1.29 is 9.59 Å². The van der Waals surface area contributed by atoms with E-state index in [1.807, 2.05) is 46.5 Å². The highest BCUT2D eigenvalue weighted by atomic mass is 16.2. The van der Waals surface area contributed by atoms with Crippen molar-refractivity contribution in [3.05, 3.63) is 35.3 Å². The van der Waals surface area contributed by atoms with E-state index in [1.165, 1.54) is 12.8 Å². The zero-order valence-corrected chi connectivity index (χ0v) is 16.4. The van der Waals surface area contributed by atoms with E-state index in [-0.39, 0.29) is 11.8 Å². The van der Waals surface area contributed by atoms with Gasteiger partial charge in [-0.2, -0.15) is 0 Å². The summed E-state index contributed by atoms with van der Waals surface area (Å²) in [4.78, 5) is 33.3. The predicted molar refractivity (Wildman–Crippen MR) is 104 cm³/mol. The fraction of sp³-hybridized carbons (Fsp3) is 0.550. The summed E-state index contributed by atoms with van der Waals surface area (Å²) >= 11 is 0. The Labute approximate surface area is 160 Å². The maximum Gasteiger partial charge on any atom is 0.274 e. The molecule has 3 rings (SSSR count). The molecule has 2 amide bonds. The number of hydrogen-bond donors (Lipinski definition) is 1. The summed E-state index contributed by atoms with van der Waals surface area (Å²) in [6.45, 7) is 5.75. The minimum absolute atomic E-state index is 0.0200. The van der Waals surface area contributed by atoms with Gasteiger partial charge in [-0.25, -0.2) is 4.98 Å². The third kappa shape index (κ3) is 4.13. The Hall–Kier alpha value is -2.41. The van der Waals surface area contributed by atoms with Gasteiger partial charge in [-0.3, -0.25) is 14.5 Å². The molecule has 2 aromatic rings. The van der Waals surface area contributed by atoms with Gasteiger partial charge in [0.25, 0.3) is 5.91 Å². The van der Waals surface area contributed by atoms with Crippen molar-refractivity contribution in [1.29, 1.82) is 0 Å². The number of nitrogens with two attached hydrogens (primary N) is 1. The number of aryl methyl sites for hydroxylation is 1. The molecule has 2 N–H and O–H groups in total. The Bertz CT molecular complexity index is 836. The Morgan fingerprint density at radius 2 is 1.93 bits per heavy atom. The van der Waals surface area contributed by atoms with Gasteiger partial charge < -0.3 is 15.0 Å². The average molecular weight is 371 g/mol. The van der Waals surface area contributed by atoms with Crippen LogP contribution in [0.2, 0.25) is 0 Å². The number of pyridine rings is 1. The van der Waals surface area contributed by atoms with Crippen molar-refractivity contribution in [2.24, 2.45) is 5.73 Å². The molecule has 1 unspecified atom stereocenters. The number of hydrogen-bond acceptors (Lipinski definition) is 4. The predicted octanol–water partition coefficient (Wildman–Crippen LogP) is 1.96. The fourth-order valence-electron chi connectivity index (χ4n) is 3.53. The number of likely N-dealkylation sites (N-methyl/N-ethyl adjacent to an activating group) is 1. The largest absolute Gasteiger partial charge is 0.368 e. The van der Waals surface area contributed by atoms with E-state index >= 15 is 0 Å². The molecule has 0 radical (unpaired) electrons. The van der Waals surface area contributed by atoms with Crippen LogP contribution in [0, 0.1) is 6.92 Å². The fourth-order valence-corrected chi connectivity index (χ4v) is 3.53. The van der Waals surface area contributed by atoms with Gasteiger partial charge in [0.1, 0.15) is 5.65 Å². The van der Waals surface area contributed by atoms with Crippen LogP contribution in [0.25, 0.3) is 5.65 Å². The normalized spacial score (nSPS) is 16.5. The molecule has 7 nitrogen and oxygen atoms in total. The van der Waals surface area contributed by atoms with Crippen molar-refractivity contribution in [1.82, 2.24) is 19.2 Å². The van der Waals surface area contributed by atoms with Crippen LogP contribution in [0.1, 0.15) is 54.4 Å². The van der Waals surface area contributed by atoms with Crippen molar-refractivity contribution in [3.63, 3.8) is 0 Å². The molecule has 0 bridgehead atoms. The number of nitrogens with zero attached hydrogens (tertiary/aromatic N) is 4. The number of fused-ring (bicyclic) bond motifs is 1. The molecule has 0 saturated carbocycles. The van der Waals surface area contributed by atoms with Gasteiger partial charge in [-0.1, -0.05) is 12.8 Å². The molecule has 0 aliphatic carbocycles. The number of likely N-dealkylation sites (tertiary alicyclic amines) is 1. The molecule has 7 heteroatoms. The molecule has 1 aliphatic heterocycles. The van der Waals surface area contributed by atoms with Crippen LogP contribution in [0.5, 0.6) is 0 Å². The molecule has 27 heavy (non-hydrogen) atoms. The Morgan fingerprint density at radius 1 is 1.26 bits per heavy atom. The maximum atomic E-state index is 13.3. The molecule has 1 aliphatic rings. The number of carbonyl (C=O) groups excluding carboxylic acids is 2. The van der Waals surface area contributed by atoms with Crippen LogP contribution < -0.4 is 5.73 Å². The van der Waals surface area contributed by atoms with E-state index < -0.39 is 6.04 Å². The second kappa shape index (κ2) is 8.08. The molecule has 1 saturated heterocycles. The van der Waals surface area contributed by atoms with Crippen molar-refractivity contribution >= 4 is 17.5 Å². The lowest BCUT2D eigenvalue weighted by molar-refractivity contribution is -0.122. The first-order valence-electron chi connectivity index (χ1n) is 9.65. The molecule has 0 spiro atoms. The van der Waals surface area contributed by atoms with E-state index in [2.05, 4.69) is 4.98 Å². The third-order valence-corrected chi connectivity index (χ3v) is 5.45. The lowest BCUT2D eigenvalue weighted by Crippen LogP contribution is -2.40. The van der Waals surface area contributed by atoms with Crippen LogP contribution in [-0.4, -0.2) is 57.2 Å². The van der Waals surface area contributed by atoms with Crippen LogP contribution in [0.15, 0.2) is 18.3 Å². The number of primary amides is 1. The SMILES string of the molecule is Cc1ccn2c(CN(C)C(C)C(N)=O)c(C(=O)N3CCCCCC3)nc2c1. The number of carbonyl (C=O) groups is 2. The number of amides is 2. The summed E-state index contributed by atoms with van der Waals surface area (Å²) in [5.41, 5.74) is 8.57. The highest BCUT2D eigenvalue weighted by molar-refractivity contribution is 5.94. The van der Waals surface area contributed by atoms with Crippen LogP contribution in [0.4, 0.5) is 0 Å². The highest BCUT2D eigenvalue weighted by Crippen LogP contribution is 2.20. The minimum Gasteiger partial charge on any atom is -0.368 e. The second-order valence-corrected chi connectivity index (χ2v) is 7.54. The summed E-state index contributed by atoms with van der Waals surface area (Å²) in [7, 11) is 1.84. The Morgan fingerprint density at radius 3 is 2.56 bits per heavy atom. The molecule has 2 aromatic heterocycles. The van der Waals surface area contributed by atoms with E-state index in [0.29, 0.717) is 12.2 Å². The van der Waals surface area contributed by atoms with E-state index in [9.17, 15) is 9.59 Å². The molecular formula is C20H29N5O2. The lowest BCUT2D eigenvalue weighted by Gasteiger charge is -2.23. The topological polar surface area (TPSA) is 83.9 Å². The maximum absolute atomic E-state index is 13.3. The van der Waals surface area contributed by atoms with Crippen LogP contribution >= 0.6 is 0 Å². The molecular weight excluding hydrogens is 342 g/mol. The van der Waals surface area contributed by atoms with E-state index in [0.717, 1.165) is 42.8 Å². The van der Waals surface area contributed by atoms with Gasteiger partial charge in [0.15, 0.2) is 5.69 Å². The average Bonchev–Trinajstić information content (AvgIpc) is 2.82. The molecule has 146 valence electrons. The summed E-state index contributed by atoms with van der Waals surface area (Å²) in [6.07, 6.45) is 6.34. The van der Waals surface area contributed by atoms with E-state index in [4.69, 9.17) is 5.73 Å². The standard InChI is InChI=1S/C20H29N5O2/c1-14-8-11-25-16(13-23(3)15(2)19(21)26)18(22-17(25)12-14)20(27)24-9-6-4-5-7-10-24/h8,11-12,15H,4-7,9-10,13H2,1-3H3,(H2,21,26). The zero-order chi connectivity index (χ0) is 19.6. The van der Waals surface area contributed by atoms with Gasteiger partial charge >= 0.3 is 0 Å². The van der Waals surface area contributed by atoms with Crippen LogP contribution in [-0.2, 0) is 11.3 Å². The highest BCUT2D eigenvalue weighted by Gasteiger charge is 2.26. The van der Waals surface area contributed by atoms with Crippen molar-refractivity contribution in [2.45, 2.75) is 52.1 Å². The van der Waals surface area contributed by atoms with Crippen molar-refractivity contribution in [3.8, 4) is 0 Å². The van der Waals surface area contributed by atoms with E-state index in [1.54, 1.807) is 6.92 Å². The zero-order valence-electron chi connectivity index (χ0n) is 16.4. The first-order chi connectivity index (χ1) is 12.9. The quantitative estimate of drug-likeness (QED) is 0.871. The minimum atomic E-state index is -0.429. The van der Waals surface area contributed by atoms with Gasteiger partial charge in [-0.15, -0.1) is 0 Å². The van der Waals surface area contributed by atoms with Crippen LogP contribution in [0.3, 0.4) is 0 Å². The van der Waals surface area contributed by atoms with Crippen molar-refractivity contribution in [2.75, 3.05) is 20.1 Å². The van der Waals surface area contributed by atoms with Gasteiger partial charge in [-0.05, 0) is 51.4 Å². The number of aromatic nitrogens is 2. The van der Waals surface area contributed by atoms with Gasteiger partial charge in [0.05, 0.1) is 11.7 Å². The molecule has 3 heterocycles. The Balaban J connectivity index is 1.99. The lowest BCUT2D eigenvalue weighted by atomic mass is 10.2. The molecule has 1 fully saturated rings. The monoisotopic (exact) mass is 371 g/mol.